The van der Waals surface area contributed by atoms with Gasteiger partial charge in [0.2, 0.25) is 0 Å². The molecule has 0 fully saturated rings. The van der Waals surface area contributed by atoms with Crippen LogP contribution in [0.15, 0.2) is 0 Å². The molecule has 0 aromatic heterocycles. The smallest absolute Gasteiger partial charge is 0.394 e. The third kappa shape index (κ3) is 34.2. The highest BCUT2D eigenvalue weighted by Crippen LogP contribution is 2.12. The first-order valence-electron chi connectivity index (χ1n) is 8.80. The Hall–Kier alpha value is -0.210. The van der Waals surface area contributed by atoms with Gasteiger partial charge in [0.05, 0.1) is 12.7 Å². The van der Waals surface area contributed by atoms with Gasteiger partial charge in [0.1, 0.15) is 0 Å². The fourth-order valence-electron chi connectivity index (χ4n) is 2.31. The Morgan fingerprint density at radius 3 is 1.35 bits per heavy atom. The molecule has 0 aliphatic carbocycles. The Morgan fingerprint density at radius 1 is 0.739 bits per heavy atom. The molecule has 0 aliphatic heterocycles. The number of hydrogen-bond donors (Lipinski definition) is 4. The van der Waals surface area contributed by atoms with Gasteiger partial charge in [0.15, 0.2) is 0 Å². The summed E-state index contributed by atoms with van der Waals surface area (Å²) in [5.74, 6) is 0. The van der Waals surface area contributed by atoms with Gasteiger partial charge in [0.25, 0.3) is 0 Å². The fraction of sp³-hybridized carbons (Fsp3) is 1.00. The maximum absolute atomic E-state index is 9.17. The fourth-order valence-corrected chi connectivity index (χ4v) is 2.31. The van der Waals surface area contributed by atoms with Crippen LogP contribution >= 0.6 is 0 Å². The topological polar surface area (TPSA) is 115 Å². The molecule has 0 rings (SSSR count). The summed E-state index contributed by atoms with van der Waals surface area (Å²) in [7, 11) is -4.67. The predicted octanol–water partition coefficient (Wildman–Crippen LogP) is 3.78. The average Bonchev–Trinajstić information content (AvgIpc) is 2.46. The third-order valence-corrected chi connectivity index (χ3v) is 3.60. The van der Waals surface area contributed by atoms with Crippen LogP contribution in [-0.2, 0) is 10.4 Å². The molecule has 0 saturated heterocycles. The van der Waals surface area contributed by atoms with E-state index >= 15 is 0 Å². The van der Waals surface area contributed by atoms with Gasteiger partial charge >= 0.3 is 10.4 Å². The Morgan fingerprint density at radius 2 is 1.04 bits per heavy atom. The molecule has 0 bridgehead atoms. The van der Waals surface area contributed by atoms with Crippen LogP contribution in [0.2, 0.25) is 0 Å². The van der Waals surface area contributed by atoms with E-state index in [0.29, 0.717) is 0 Å². The molecular weight excluding hydrogens is 320 g/mol. The lowest BCUT2D eigenvalue weighted by atomic mass is 10.0. The van der Waals surface area contributed by atoms with Gasteiger partial charge in [-0.3, -0.25) is 9.11 Å². The van der Waals surface area contributed by atoms with Crippen molar-refractivity contribution in [2.75, 3.05) is 6.61 Å². The quantitative estimate of drug-likeness (QED) is 0.278. The highest BCUT2D eigenvalue weighted by atomic mass is 32.3. The van der Waals surface area contributed by atoms with Crippen LogP contribution in [-0.4, -0.2) is 40.4 Å². The number of aliphatic hydroxyl groups excluding tert-OH is 2. The summed E-state index contributed by atoms with van der Waals surface area (Å²) in [5.41, 5.74) is 0. The molecule has 0 aromatic rings. The van der Waals surface area contributed by atoms with E-state index in [4.69, 9.17) is 27.7 Å². The highest BCUT2D eigenvalue weighted by Gasteiger charge is 2.00. The van der Waals surface area contributed by atoms with Crippen LogP contribution in [0.1, 0.15) is 90.4 Å². The molecule has 4 N–H and O–H groups in total. The summed E-state index contributed by atoms with van der Waals surface area (Å²) >= 11 is 0. The van der Waals surface area contributed by atoms with E-state index in [9.17, 15) is 0 Å². The van der Waals surface area contributed by atoms with Gasteiger partial charge < -0.3 is 10.2 Å². The van der Waals surface area contributed by atoms with Crippen LogP contribution in [0.4, 0.5) is 0 Å². The van der Waals surface area contributed by atoms with E-state index in [1.54, 1.807) is 0 Å². The Bertz CT molecular complexity index is 311. The molecule has 0 aromatic carbocycles. The summed E-state index contributed by atoms with van der Waals surface area (Å²) < 4.78 is 31.6. The predicted molar refractivity (Wildman–Crippen MR) is 93.0 cm³/mol. The zero-order valence-electron chi connectivity index (χ0n) is 14.5. The summed E-state index contributed by atoms with van der Waals surface area (Å²) in [5, 5.41) is 17.8. The van der Waals surface area contributed by atoms with E-state index in [-0.39, 0.29) is 6.61 Å². The molecule has 142 valence electrons. The minimum absolute atomic E-state index is 0.0853. The molecule has 0 spiro atoms. The van der Waals surface area contributed by atoms with Crippen molar-refractivity contribution in [2.45, 2.75) is 96.5 Å². The normalized spacial score (nSPS) is 12.6. The van der Waals surface area contributed by atoms with Gasteiger partial charge in [-0.25, -0.2) is 0 Å². The lowest BCUT2D eigenvalue weighted by Gasteiger charge is -2.06. The summed E-state index contributed by atoms with van der Waals surface area (Å²) in [6.45, 7) is 2.18. The molecule has 0 saturated carbocycles. The maximum atomic E-state index is 9.17. The first kappa shape index (κ1) is 25.0. The average molecular weight is 357 g/mol. The molecular formula is C16H36O6S. The van der Waals surface area contributed by atoms with Crippen LogP contribution in [0, 0.1) is 0 Å². The van der Waals surface area contributed by atoms with E-state index < -0.39 is 16.5 Å². The zero-order chi connectivity index (χ0) is 18.0. The minimum Gasteiger partial charge on any atom is -0.394 e. The Labute approximate surface area is 141 Å². The Kier molecular flexibility index (Phi) is 19.7. The van der Waals surface area contributed by atoms with Crippen molar-refractivity contribution in [1.29, 1.82) is 0 Å². The minimum atomic E-state index is -4.67. The van der Waals surface area contributed by atoms with Gasteiger partial charge in [-0.1, -0.05) is 84.0 Å². The monoisotopic (exact) mass is 356 g/mol. The van der Waals surface area contributed by atoms with Crippen LogP contribution in [0.25, 0.3) is 0 Å². The SMILES string of the molecule is CCCCCCCCCCCCCCC(O)CO.O=S(=O)(O)O. The van der Waals surface area contributed by atoms with Crippen molar-refractivity contribution in [3.63, 3.8) is 0 Å². The van der Waals surface area contributed by atoms with E-state index in [0.717, 1.165) is 12.8 Å². The molecule has 1 atom stereocenters. The summed E-state index contributed by atoms with van der Waals surface area (Å²) in [4.78, 5) is 0. The van der Waals surface area contributed by atoms with E-state index in [2.05, 4.69) is 6.92 Å². The van der Waals surface area contributed by atoms with Gasteiger partial charge in [0, 0.05) is 0 Å². The Balaban J connectivity index is 0. The largest absolute Gasteiger partial charge is 0.394 e. The number of hydrogen-bond acceptors (Lipinski definition) is 4. The molecule has 6 nitrogen and oxygen atoms in total. The highest BCUT2D eigenvalue weighted by molar-refractivity contribution is 7.79. The van der Waals surface area contributed by atoms with Crippen molar-refractivity contribution < 1.29 is 27.7 Å². The molecule has 1 unspecified atom stereocenters. The maximum Gasteiger partial charge on any atom is 0.394 e. The lowest BCUT2D eigenvalue weighted by Crippen LogP contribution is -2.10. The molecule has 0 amide bonds. The standard InChI is InChI=1S/C16H34O2.H2O4S/c1-2-3-4-5-6-7-8-9-10-11-12-13-14-16(18)15-17;1-5(2,3)4/h16-18H,2-15H2,1H3;(H2,1,2,3,4). The number of aliphatic hydroxyl groups is 2. The summed E-state index contributed by atoms with van der Waals surface area (Å²) in [6, 6.07) is 0. The zero-order valence-corrected chi connectivity index (χ0v) is 15.3. The summed E-state index contributed by atoms with van der Waals surface area (Å²) in [6.07, 6.45) is 16.3. The second-order valence-corrected chi connectivity index (χ2v) is 6.86. The van der Waals surface area contributed by atoms with Gasteiger partial charge in [-0.2, -0.15) is 8.42 Å². The first-order valence-corrected chi connectivity index (χ1v) is 10.2. The van der Waals surface area contributed by atoms with Crippen LogP contribution in [0.5, 0.6) is 0 Å². The molecule has 0 aliphatic rings. The van der Waals surface area contributed by atoms with Crippen LogP contribution < -0.4 is 0 Å². The number of rotatable bonds is 14. The lowest BCUT2D eigenvalue weighted by molar-refractivity contribution is 0.0860. The number of unbranched alkanes of at least 4 members (excludes halogenated alkanes) is 11. The van der Waals surface area contributed by atoms with Gasteiger partial charge in [-0.05, 0) is 6.42 Å². The van der Waals surface area contributed by atoms with Crippen molar-refractivity contribution in [1.82, 2.24) is 0 Å². The molecule has 7 heteroatoms. The molecule has 23 heavy (non-hydrogen) atoms. The second kappa shape index (κ2) is 18.1. The molecule has 0 heterocycles. The van der Waals surface area contributed by atoms with Crippen molar-refractivity contribution in [3.8, 4) is 0 Å². The van der Waals surface area contributed by atoms with Crippen molar-refractivity contribution in [3.05, 3.63) is 0 Å². The molecule has 0 radical (unpaired) electrons. The second-order valence-electron chi connectivity index (χ2n) is 5.96. The van der Waals surface area contributed by atoms with Crippen molar-refractivity contribution in [2.24, 2.45) is 0 Å². The van der Waals surface area contributed by atoms with Crippen molar-refractivity contribution >= 4 is 10.4 Å². The van der Waals surface area contributed by atoms with Gasteiger partial charge in [-0.15, -0.1) is 0 Å². The first-order chi connectivity index (χ1) is 10.8. The van der Waals surface area contributed by atoms with E-state index in [1.807, 2.05) is 0 Å². The van der Waals surface area contributed by atoms with Crippen LogP contribution in [0.3, 0.4) is 0 Å². The van der Waals surface area contributed by atoms with E-state index in [1.165, 1.54) is 70.6 Å². The third-order valence-electron chi connectivity index (χ3n) is 3.60.